The quantitative estimate of drug-likeness (QED) is 0.217. The van der Waals surface area contributed by atoms with Crippen LogP contribution in [0.25, 0.3) is 33.7 Å². The molecule has 0 radical (unpaired) electrons. The van der Waals surface area contributed by atoms with E-state index in [0.717, 1.165) is 60.2 Å². The Balaban J connectivity index is 1.58. The van der Waals surface area contributed by atoms with Crippen molar-refractivity contribution in [2.75, 3.05) is 13.7 Å². The zero-order valence-corrected chi connectivity index (χ0v) is 23.8. The molecule has 0 saturated heterocycles. The first-order valence-electron chi connectivity index (χ1n) is 14.2. The maximum absolute atomic E-state index is 13.8. The van der Waals surface area contributed by atoms with E-state index in [1.54, 1.807) is 11.7 Å². The molecule has 0 spiro atoms. The lowest BCUT2D eigenvalue weighted by Crippen LogP contribution is -2.41. The second kappa shape index (κ2) is 12.9. The van der Waals surface area contributed by atoms with E-state index in [1.807, 2.05) is 35.8 Å². The minimum Gasteiger partial charge on any atom is -0.383 e. The summed E-state index contributed by atoms with van der Waals surface area (Å²) in [4.78, 5) is 32.0. The van der Waals surface area contributed by atoms with Gasteiger partial charge in [-0.3, -0.25) is 13.9 Å². The van der Waals surface area contributed by atoms with Gasteiger partial charge in [-0.25, -0.2) is 14.9 Å². The number of aromatic nitrogens is 8. The van der Waals surface area contributed by atoms with Gasteiger partial charge in [0, 0.05) is 32.2 Å². The van der Waals surface area contributed by atoms with Gasteiger partial charge in [0.25, 0.3) is 5.56 Å². The Morgan fingerprint density at radius 2 is 1.66 bits per heavy atom. The minimum atomic E-state index is -0.337. The van der Waals surface area contributed by atoms with E-state index in [0.29, 0.717) is 30.1 Å². The van der Waals surface area contributed by atoms with Crippen molar-refractivity contribution in [3.8, 4) is 22.5 Å². The summed E-state index contributed by atoms with van der Waals surface area (Å²) >= 11 is 0. The molecule has 214 valence electrons. The Hall–Kier alpha value is -4.38. The van der Waals surface area contributed by atoms with Crippen molar-refractivity contribution in [3.63, 3.8) is 0 Å². The summed E-state index contributed by atoms with van der Waals surface area (Å²) in [7, 11) is 1.56. The number of aryl methyl sites for hydroxylation is 2. The number of H-pyrrole nitrogens is 1. The highest BCUT2D eigenvalue weighted by atomic mass is 16.5. The third kappa shape index (κ3) is 5.76. The van der Waals surface area contributed by atoms with Crippen molar-refractivity contribution < 1.29 is 4.74 Å². The van der Waals surface area contributed by atoms with Crippen LogP contribution in [0.15, 0.2) is 58.1 Å². The van der Waals surface area contributed by atoms with E-state index in [2.05, 4.69) is 51.8 Å². The van der Waals surface area contributed by atoms with Crippen molar-refractivity contribution in [2.24, 2.45) is 0 Å². The second-order valence-electron chi connectivity index (χ2n) is 10.1. The first kappa shape index (κ1) is 28.2. The zero-order chi connectivity index (χ0) is 28.8. The van der Waals surface area contributed by atoms with Crippen LogP contribution in [0, 0.1) is 0 Å². The summed E-state index contributed by atoms with van der Waals surface area (Å²) in [5.74, 6) is 1.43. The van der Waals surface area contributed by atoms with E-state index in [9.17, 15) is 9.59 Å². The average Bonchev–Trinajstić information content (AvgIpc) is 3.65. The molecule has 0 fully saturated rings. The fraction of sp³-hybridized carbons (Fsp3) is 0.400. The maximum atomic E-state index is 13.8. The molecule has 11 heteroatoms. The number of methoxy groups -OCH3 is 1. The van der Waals surface area contributed by atoms with Crippen molar-refractivity contribution in [3.05, 3.63) is 80.8 Å². The number of hydrogen-bond acceptors (Lipinski definition) is 7. The summed E-state index contributed by atoms with van der Waals surface area (Å²) in [6, 6.07) is 16.2. The van der Waals surface area contributed by atoms with Gasteiger partial charge in [-0.1, -0.05) is 75.2 Å². The molecular formula is C30H36N8O3. The highest BCUT2D eigenvalue weighted by Crippen LogP contribution is 2.30. The van der Waals surface area contributed by atoms with Crippen LogP contribution in [0.1, 0.15) is 50.9 Å². The summed E-state index contributed by atoms with van der Waals surface area (Å²) in [6.07, 6.45) is 4.59. The van der Waals surface area contributed by atoms with Gasteiger partial charge in [-0.15, -0.1) is 5.10 Å². The first-order chi connectivity index (χ1) is 20.1. The standard InChI is InChI=1S/C30H36N8O3/c1-4-6-7-12-25-31-28-26(29(39)37(18-19-41-3)30(40)36(28)17-5-2)38(25)20-21-13-15-22(16-14-21)23-10-8-9-11-24(23)27-32-34-35-33-27/h8-11,13-16H,4-7,12,17-20H2,1-3H3,(H,32,33,34,35). The SMILES string of the molecule is CCCCCc1nc2c(c(=O)n(CCOC)c(=O)n2CCC)n1Cc1ccc(-c2ccccc2-c2nnn[nH]2)cc1. The molecule has 0 bridgehead atoms. The molecule has 0 aliphatic heterocycles. The van der Waals surface area contributed by atoms with Crippen LogP contribution >= 0.6 is 0 Å². The number of benzene rings is 2. The Morgan fingerprint density at radius 3 is 2.34 bits per heavy atom. The number of ether oxygens (including phenoxy) is 1. The van der Waals surface area contributed by atoms with Crippen molar-refractivity contribution in [1.29, 1.82) is 0 Å². The lowest BCUT2D eigenvalue weighted by atomic mass is 9.98. The molecule has 3 heterocycles. The third-order valence-electron chi connectivity index (χ3n) is 7.30. The molecule has 2 aromatic carbocycles. The van der Waals surface area contributed by atoms with Crippen LogP contribution in [-0.4, -0.2) is 53.0 Å². The number of rotatable bonds is 13. The minimum absolute atomic E-state index is 0.193. The van der Waals surface area contributed by atoms with E-state index in [1.165, 1.54) is 4.57 Å². The molecule has 0 saturated carbocycles. The van der Waals surface area contributed by atoms with Crippen molar-refractivity contribution in [2.45, 2.75) is 65.6 Å². The van der Waals surface area contributed by atoms with Gasteiger partial charge < -0.3 is 9.30 Å². The molecule has 1 N–H and O–H groups in total. The van der Waals surface area contributed by atoms with Crippen LogP contribution in [0.4, 0.5) is 0 Å². The van der Waals surface area contributed by atoms with Crippen LogP contribution in [0.3, 0.4) is 0 Å². The summed E-state index contributed by atoms with van der Waals surface area (Å²) in [5, 5.41) is 14.4. The molecule has 11 nitrogen and oxygen atoms in total. The molecule has 0 aliphatic rings. The smallest absolute Gasteiger partial charge is 0.332 e. The Kier molecular flexibility index (Phi) is 8.83. The molecule has 5 rings (SSSR count). The Bertz CT molecular complexity index is 1720. The number of aromatic amines is 1. The maximum Gasteiger partial charge on any atom is 0.332 e. The fourth-order valence-corrected chi connectivity index (χ4v) is 5.22. The van der Waals surface area contributed by atoms with Gasteiger partial charge in [0.2, 0.25) is 0 Å². The lowest BCUT2D eigenvalue weighted by molar-refractivity contribution is 0.184. The lowest BCUT2D eigenvalue weighted by Gasteiger charge is -2.13. The largest absolute Gasteiger partial charge is 0.383 e. The number of imidazole rings is 1. The third-order valence-corrected chi connectivity index (χ3v) is 7.30. The molecular weight excluding hydrogens is 520 g/mol. The van der Waals surface area contributed by atoms with Crippen LogP contribution < -0.4 is 11.2 Å². The van der Waals surface area contributed by atoms with Gasteiger partial charge in [0.15, 0.2) is 17.0 Å². The molecule has 0 amide bonds. The predicted molar refractivity (Wildman–Crippen MR) is 158 cm³/mol. The van der Waals surface area contributed by atoms with Gasteiger partial charge in [-0.2, -0.15) is 0 Å². The highest BCUT2D eigenvalue weighted by Gasteiger charge is 2.21. The van der Waals surface area contributed by atoms with Gasteiger partial charge in [0.1, 0.15) is 5.82 Å². The van der Waals surface area contributed by atoms with E-state index < -0.39 is 0 Å². The molecule has 5 aromatic rings. The molecule has 0 unspecified atom stereocenters. The zero-order valence-electron chi connectivity index (χ0n) is 23.8. The Morgan fingerprint density at radius 1 is 0.878 bits per heavy atom. The van der Waals surface area contributed by atoms with Gasteiger partial charge >= 0.3 is 5.69 Å². The van der Waals surface area contributed by atoms with Crippen LogP contribution in [-0.2, 0) is 30.8 Å². The molecule has 0 aliphatic carbocycles. The molecule has 0 atom stereocenters. The van der Waals surface area contributed by atoms with E-state index in [-0.39, 0.29) is 24.4 Å². The van der Waals surface area contributed by atoms with Gasteiger partial charge in [0.05, 0.1) is 13.2 Å². The number of tetrazole rings is 1. The van der Waals surface area contributed by atoms with Crippen LogP contribution in [0.5, 0.6) is 0 Å². The average molecular weight is 557 g/mol. The van der Waals surface area contributed by atoms with Crippen molar-refractivity contribution >= 4 is 11.2 Å². The van der Waals surface area contributed by atoms with Crippen molar-refractivity contribution in [1.82, 2.24) is 39.3 Å². The number of hydrogen-bond donors (Lipinski definition) is 1. The summed E-state index contributed by atoms with van der Waals surface area (Å²) in [5.41, 5.74) is 4.25. The molecule has 3 aromatic heterocycles. The predicted octanol–water partition coefficient (Wildman–Crippen LogP) is 4.04. The number of fused-ring (bicyclic) bond motifs is 1. The number of unbranched alkanes of at least 4 members (excludes halogenated alkanes) is 2. The Labute approximate surface area is 237 Å². The van der Waals surface area contributed by atoms with Gasteiger partial charge in [-0.05, 0) is 40.0 Å². The number of nitrogens with one attached hydrogen (secondary N) is 1. The topological polar surface area (TPSA) is 126 Å². The molecule has 41 heavy (non-hydrogen) atoms. The number of nitrogens with zero attached hydrogens (tertiary/aromatic N) is 7. The van der Waals surface area contributed by atoms with E-state index >= 15 is 0 Å². The highest BCUT2D eigenvalue weighted by molar-refractivity contribution is 5.80. The fourth-order valence-electron chi connectivity index (χ4n) is 5.22. The summed E-state index contributed by atoms with van der Waals surface area (Å²) < 4.78 is 10.1. The second-order valence-corrected chi connectivity index (χ2v) is 10.1. The van der Waals surface area contributed by atoms with Crippen LogP contribution in [0.2, 0.25) is 0 Å². The normalized spacial score (nSPS) is 11.5. The van der Waals surface area contributed by atoms with E-state index in [4.69, 9.17) is 9.72 Å². The monoisotopic (exact) mass is 556 g/mol. The first-order valence-corrected chi connectivity index (χ1v) is 14.2. The summed E-state index contributed by atoms with van der Waals surface area (Å²) in [6.45, 7) is 5.60.